The summed E-state index contributed by atoms with van der Waals surface area (Å²) >= 11 is 1.10. The summed E-state index contributed by atoms with van der Waals surface area (Å²) in [6.07, 6.45) is 0.141. The Kier molecular flexibility index (Phi) is 5.83. The van der Waals surface area contributed by atoms with Crippen LogP contribution in [0.15, 0.2) is 12.1 Å². The minimum Gasteiger partial charge on any atom is -0.492 e. The number of aromatic nitrogens is 1. The third-order valence-electron chi connectivity index (χ3n) is 4.42. The van der Waals surface area contributed by atoms with Gasteiger partial charge in [0.15, 0.2) is 5.01 Å². The number of amides is 2. The van der Waals surface area contributed by atoms with Crippen LogP contribution in [0.3, 0.4) is 0 Å². The van der Waals surface area contributed by atoms with Gasteiger partial charge in [-0.25, -0.2) is 9.37 Å². The number of aliphatic hydroxyl groups is 1. The topological polar surface area (TPSA) is 106 Å². The molecule has 1 aliphatic heterocycles. The Bertz CT molecular complexity index is 1080. The summed E-state index contributed by atoms with van der Waals surface area (Å²) in [5.41, 5.74) is 5.06. The number of carbonyl (C=O) groups excluding carboxylic acids is 2. The van der Waals surface area contributed by atoms with E-state index in [9.17, 15) is 19.1 Å². The molecule has 2 aromatic rings. The van der Waals surface area contributed by atoms with Crippen LogP contribution in [0.5, 0.6) is 5.75 Å². The number of primary amides is 1. The van der Waals surface area contributed by atoms with Crippen LogP contribution in [0, 0.1) is 17.7 Å². The third-order valence-corrected chi connectivity index (χ3v) is 5.65. The number of hydrogen-bond acceptors (Lipinski definition) is 6. The Morgan fingerprint density at radius 2 is 2.13 bits per heavy atom. The molecule has 9 heteroatoms. The van der Waals surface area contributed by atoms with Gasteiger partial charge >= 0.3 is 0 Å². The molecule has 0 saturated heterocycles. The molecule has 0 fully saturated rings. The fraction of sp³-hybridized carbons (Fsp3) is 0.381. The summed E-state index contributed by atoms with van der Waals surface area (Å²) in [6.45, 7) is 3.11. The molecule has 0 spiro atoms. The predicted octanol–water partition coefficient (Wildman–Crippen LogP) is 2.12. The minimum atomic E-state index is -1.29. The number of nitrogens with two attached hydrogens (primary N) is 1. The highest BCUT2D eigenvalue weighted by molar-refractivity contribution is 7.14. The van der Waals surface area contributed by atoms with Crippen molar-refractivity contribution in [3.63, 3.8) is 0 Å². The van der Waals surface area contributed by atoms with Crippen molar-refractivity contribution in [1.29, 1.82) is 0 Å². The number of fused-ring (bicyclic) bond motifs is 3. The second-order valence-electron chi connectivity index (χ2n) is 7.73. The van der Waals surface area contributed by atoms with Gasteiger partial charge in [0, 0.05) is 42.9 Å². The molecule has 158 valence electrons. The molecule has 1 aromatic carbocycles. The third kappa shape index (κ3) is 4.61. The van der Waals surface area contributed by atoms with Crippen LogP contribution in [-0.4, -0.2) is 53.1 Å². The second-order valence-corrected chi connectivity index (χ2v) is 8.76. The van der Waals surface area contributed by atoms with E-state index in [1.807, 2.05) is 0 Å². The lowest BCUT2D eigenvalue weighted by Crippen LogP contribution is -2.25. The maximum Gasteiger partial charge on any atom is 0.277 e. The molecule has 7 nitrogen and oxygen atoms in total. The number of halogens is 1. The lowest BCUT2D eigenvalue weighted by atomic mass is 9.99. The Morgan fingerprint density at radius 1 is 1.43 bits per heavy atom. The lowest BCUT2D eigenvalue weighted by Gasteiger charge is -2.17. The molecular formula is C21H22FN3O4S. The summed E-state index contributed by atoms with van der Waals surface area (Å²) in [4.78, 5) is 30.5. The van der Waals surface area contributed by atoms with Gasteiger partial charge in [-0.3, -0.25) is 9.59 Å². The van der Waals surface area contributed by atoms with Crippen LogP contribution in [0.2, 0.25) is 0 Å². The van der Waals surface area contributed by atoms with Crippen molar-refractivity contribution in [1.82, 2.24) is 9.88 Å². The molecule has 1 aliphatic rings. The average Bonchev–Trinajstić information content (AvgIpc) is 3.03. The highest BCUT2D eigenvalue weighted by Crippen LogP contribution is 2.43. The van der Waals surface area contributed by atoms with E-state index in [0.29, 0.717) is 16.1 Å². The molecule has 0 radical (unpaired) electrons. The summed E-state index contributed by atoms with van der Waals surface area (Å²) in [7, 11) is 3.31. The molecule has 0 saturated carbocycles. The average molecular weight is 431 g/mol. The number of rotatable bonds is 3. The molecule has 1 atom stereocenters. The molecule has 2 amide bonds. The van der Waals surface area contributed by atoms with Gasteiger partial charge < -0.3 is 20.5 Å². The SMILES string of the molecule is CN(C)C(=O)CC1COc2cc(F)c(C#CC(C)(C)O)cc2-c2nc(C(N)=O)sc21. The minimum absolute atomic E-state index is 0.0573. The fourth-order valence-electron chi connectivity index (χ4n) is 2.89. The van der Waals surface area contributed by atoms with Crippen molar-refractivity contribution in [2.75, 3.05) is 20.7 Å². The molecule has 3 rings (SSSR count). The van der Waals surface area contributed by atoms with E-state index in [0.717, 1.165) is 11.3 Å². The van der Waals surface area contributed by atoms with E-state index in [1.165, 1.54) is 30.9 Å². The molecule has 30 heavy (non-hydrogen) atoms. The Labute approximate surface area is 177 Å². The lowest BCUT2D eigenvalue weighted by molar-refractivity contribution is -0.129. The Hall–Kier alpha value is -2.96. The normalized spacial score (nSPS) is 15.1. The molecule has 1 aromatic heterocycles. The predicted molar refractivity (Wildman–Crippen MR) is 111 cm³/mol. The highest BCUT2D eigenvalue weighted by Gasteiger charge is 2.31. The van der Waals surface area contributed by atoms with Gasteiger partial charge in [0.05, 0.1) is 17.9 Å². The number of benzene rings is 1. The van der Waals surface area contributed by atoms with Gasteiger partial charge in [0.2, 0.25) is 5.91 Å². The van der Waals surface area contributed by atoms with Gasteiger partial charge in [0.1, 0.15) is 17.2 Å². The first kappa shape index (κ1) is 21.7. The van der Waals surface area contributed by atoms with Crippen LogP contribution in [0.25, 0.3) is 11.3 Å². The van der Waals surface area contributed by atoms with Crippen LogP contribution in [0.1, 0.15) is 46.4 Å². The van der Waals surface area contributed by atoms with E-state index in [2.05, 4.69) is 16.8 Å². The maximum atomic E-state index is 14.6. The zero-order valence-corrected chi connectivity index (χ0v) is 17.9. The molecule has 3 N–H and O–H groups in total. The Morgan fingerprint density at radius 3 is 2.73 bits per heavy atom. The first-order valence-electron chi connectivity index (χ1n) is 9.19. The summed E-state index contributed by atoms with van der Waals surface area (Å²) in [5.74, 6) is 3.67. The van der Waals surface area contributed by atoms with Gasteiger partial charge in [-0.05, 0) is 19.9 Å². The number of thiazole rings is 1. The van der Waals surface area contributed by atoms with Crippen LogP contribution >= 0.6 is 11.3 Å². The molecule has 2 heterocycles. The highest BCUT2D eigenvalue weighted by atomic mass is 32.1. The van der Waals surface area contributed by atoms with E-state index < -0.39 is 17.3 Å². The number of nitrogens with zero attached hydrogens (tertiary/aromatic N) is 2. The molecule has 0 bridgehead atoms. The van der Waals surface area contributed by atoms with Crippen LogP contribution < -0.4 is 10.5 Å². The summed E-state index contributed by atoms with van der Waals surface area (Å²) in [5, 5.41) is 9.92. The van der Waals surface area contributed by atoms with E-state index in [4.69, 9.17) is 10.5 Å². The van der Waals surface area contributed by atoms with Crippen molar-refractivity contribution in [3.05, 3.63) is 33.4 Å². The fourth-order valence-corrected chi connectivity index (χ4v) is 3.91. The van der Waals surface area contributed by atoms with Crippen molar-refractivity contribution in [3.8, 4) is 28.8 Å². The van der Waals surface area contributed by atoms with Crippen molar-refractivity contribution >= 4 is 23.2 Å². The number of ether oxygens (including phenoxy) is 1. The monoisotopic (exact) mass is 431 g/mol. The zero-order valence-electron chi connectivity index (χ0n) is 17.1. The summed E-state index contributed by atoms with van der Waals surface area (Å²) in [6, 6.07) is 2.68. The van der Waals surface area contributed by atoms with Crippen molar-refractivity contribution < 1.29 is 23.8 Å². The first-order chi connectivity index (χ1) is 14.0. The zero-order chi connectivity index (χ0) is 22.2. The van der Waals surface area contributed by atoms with Gasteiger partial charge in [-0.1, -0.05) is 11.8 Å². The quantitative estimate of drug-likeness (QED) is 0.725. The van der Waals surface area contributed by atoms with Gasteiger partial charge in [0.25, 0.3) is 5.91 Å². The first-order valence-corrected chi connectivity index (χ1v) is 10.0. The molecule has 0 aliphatic carbocycles. The van der Waals surface area contributed by atoms with Gasteiger partial charge in [-0.2, -0.15) is 0 Å². The molecular weight excluding hydrogens is 409 g/mol. The second kappa shape index (κ2) is 8.05. The van der Waals surface area contributed by atoms with E-state index >= 15 is 0 Å². The van der Waals surface area contributed by atoms with Crippen LogP contribution in [-0.2, 0) is 4.79 Å². The number of hydrogen-bond donors (Lipinski definition) is 2. The van der Waals surface area contributed by atoms with Crippen LogP contribution in [0.4, 0.5) is 4.39 Å². The molecule has 1 unspecified atom stereocenters. The van der Waals surface area contributed by atoms with Crippen molar-refractivity contribution in [2.24, 2.45) is 5.73 Å². The van der Waals surface area contributed by atoms with E-state index in [-0.39, 0.29) is 41.2 Å². The summed E-state index contributed by atoms with van der Waals surface area (Å²) < 4.78 is 20.4. The largest absolute Gasteiger partial charge is 0.492 e. The number of carbonyl (C=O) groups is 2. The van der Waals surface area contributed by atoms with Crippen molar-refractivity contribution in [2.45, 2.75) is 31.8 Å². The standard InChI is InChI=1S/C21H22FN3O4S/c1-21(2,28)6-5-11-7-13-15(9-14(11)22)29-10-12(8-16(26)25(3)4)18-17(13)24-20(30-18)19(23)27/h7,9,12,28H,8,10H2,1-4H3,(H2,23,27). The maximum absolute atomic E-state index is 14.6. The smallest absolute Gasteiger partial charge is 0.277 e. The Balaban J connectivity index is 2.15. The van der Waals surface area contributed by atoms with E-state index in [1.54, 1.807) is 14.1 Å². The van der Waals surface area contributed by atoms with Gasteiger partial charge in [-0.15, -0.1) is 11.3 Å².